The molecule has 1 aromatic heterocycles. The molecule has 0 radical (unpaired) electrons. The van der Waals surface area contributed by atoms with Gasteiger partial charge in [0.1, 0.15) is 17.0 Å². The Morgan fingerprint density at radius 2 is 1.69 bits per heavy atom. The molecule has 0 saturated carbocycles. The first-order chi connectivity index (χ1) is 23.2. The standard InChI is InChI=1S/C35H48N8O6/c1-34(2,3)48-32(44)42(7)15-9-8-12-29-36-20-24(38-29)22-18-28-31(41-40-22)47-27-17-21(13-14-26(27)46-28)23-19-37-30(39-23)25-11-10-16-43(25)33(45)49-35(4,5)6/h13-14,17-18,23-25H,8-12,15-16,19-20H2,1-7H3,(H,36,38)(H,37,39)/t23?,24?,25-/m0/s1. The summed E-state index contributed by atoms with van der Waals surface area (Å²) >= 11 is 0. The number of hydrogen-bond donors (Lipinski definition) is 2. The van der Waals surface area contributed by atoms with E-state index in [9.17, 15) is 9.59 Å². The molecule has 5 heterocycles. The van der Waals surface area contributed by atoms with Crippen molar-refractivity contribution in [1.29, 1.82) is 0 Å². The minimum absolute atomic E-state index is 0.0617. The monoisotopic (exact) mass is 676 g/mol. The van der Waals surface area contributed by atoms with Crippen molar-refractivity contribution in [2.24, 2.45) is 9.98 Å². The maximum absolute atomic E-state index is 12.8. The summed E-state index contributed by atoms with van der Waals surface area (Å²) < 4.78 is 23.4. The third-order valence-corrected chi connectivity index (χ3v) is 8.53. The zero-order chi connectivity index (χ0) is 34.9. The average Bonchev–Trinajstić information content (AvgIpc) is 3.81. The number of ether oxygens (including phenoxy) is 4. The second-order valence-electron chi connectivity index (χ2n) is 14.9. The highest BCUT2D eigenvalue weighted by molar-refractivity contribution is 5.92. The van der Waals surface area contributed by atoms with Crippen molar-refractivity contribution in [3.05, 3.63) is 35.5 Å². The average molecular weight is 677 g/mol. The van der Waals surface area contributed by atoms with Gasteiger partial charge in [0, 0.05) is 32.6 Å². The Labute approximate surface area is 287 Å². The number of aliphatic imine (C=N–C) groups is 2. The Balaban J connectivity index is 0.992. The van der Waals surface area contributed by atoms with Gasteiger partial charge in [-0.15, -0.1) is 10.2 Å². The van der Waals surface area contributed by atoms with Crippen LogP contribution < -0.4 is 20.1 Å². The Morgan fingerprint density at radius 3 is 2.47 bits per heavy atom. The number of aromatic nitrogens is 2. The van der Waals surface area contributed by atoms with Crippen molar-refractivity contribution in [3.8, 4) is 23.1 Å². The van der Waals surface area contributed by atoms with E-state index in [-0.39, 0.29) is 30.3 Å². The molecule has 2 aromatic rings. The van der Waals surface area contributed by atoms with E-state index in [1.54, 1.807) is 16.8 Å². The van der Waals surface area contributed by atoms with Gasteiger partial charge in [0.05, 0.1) is 42.7 Å². The van der Waals surface area contributed by atoms with Crippen LogP contribution in [0.2, 0.25) is 0 Å². The van der Waals surface area contributed by atoms with Crippen LogP contribution in [-0.4, -0.2) is 94.3 Å². The fourth-order valence-electron chi connectivity index (χ4n) is 6.14. The quantitative estimate of drug-likeness (QED) is 0.276. The van der Waals surface area contributed by atoms with Crippen molar-refractivity contribution in [3.63, 3.8) is 0 Å². The summed E-state index contributed by atoms with van der Waals surface area (Å²) in [6.07, 6.45) is 3.62. The lowest BCUT2D eigenvalue weighted by Gasteiger charge is -2.29. The van der Waals surface area contributed by atoms with Crippen molar-refractivity contribution in [2.75, 3.05) is 33.2 Å². The first-order valence-corrected chi connectivity index (χ1v) is 17.1. The molecule has 2 N–H and O–H groups in total. The summed E-state index contributed by atoms with van der Waals surface area (Å²) in [6, 6.07) is 7.39. The van der Waals surface area contributed by atoms with E-state index in [1.807, 2.05) is 65.8 Å². The third kappa shape index (κ3) is 8.34. The molecule has 0 aliphatic carbocycles. The molecule has 14 nitrogen and oxygen atoms in total. The molecule has 3 atom stereocenters. The molecule has 1 fully saturated rings. The second-order valence-corrected chi connectivity index (χ2v) is 14.9. The topological polar surface area (TPSA) is 152 Å². The number of likely N-dealkylation sites (tertiary alicyclic amines) is 1. The SMILES string of the molecule is CN(CCCCC1=NCC(c2cc3c(nn2)Oc2cc(C4CN=C([C@@H]5CCCN5C(=O)OC(C)(C)C)N4)ccc2O3)N1)C(=O)OC(C)(C)C. The van der Waals surface area contributed by atoms with Gasteiger partial charge in [0.2, 0.25) is 0 Å². The molecule has 264 valence electrons. The van der Waals surface area contributed by atoms with Crippen LogP contribution in [0.1, 0.15) is 97.0 Å². The number of hydrogen-bond acceptors (Lipinski definition) is 12. The Bertz CT molecular complexity index is 1630. The van der Waals surface area contributed by atoms with Gasteiger partial charge >= 0.3 is 12.2 Å². The number of nitrogens with one attached hydrogen (secondary N) is 2. The maximum atomic E-state index is 12.8. The number of carbonyl (C=O) groups is 2. The summed E-state index contributed by atoms with van der Waals surface area (Å²) in [5, 5.41) is 15.8. The molecule has 4 aliphatic rings. The zero-order valence-corrected chi connectivity index (χ0v) is 29.5. The zero-order valence-electron chi connectivity index (χ0n) is 29.5. The van der Waals surface area contributed by atoms with E-state index in [2.05, 4.69) is 25.8 Å². The van der Waals surface area contributed by atoms with Crippen molar-refractivity contribution >= 4 is 23.9 Å². The van der Waals surface area contributed by atoms with E-state index in [0.717, 1.165) is 55.0 Å². The molecular formula is C35H48N8O6. The number of benzene rings is 1. The van der Waals surface area contributed by atoms with Crippen molar-refractivity contribution < 1.29 is 28.5 Å². The molecule has 2 amide bonds. The molecule has 6 rings (SSSR count). The van der Waals surface area contributed by atoms with Crippen LogP contribution in [0.4, 0.5) is 9.59 Å². The van der Waals surface area contributed by atoms with E-state index in [1.165, 1.54) is 0 Å². The highest BCUT2D eigenvalue weighted by Gasteiger charge is 2.38. The number of rotatable bonds is 8. The molecule has 0 bridgehead atoms. The summed E-state index contributed by atoms with van der Waals surface area (Å²) in [5.41, 5.74) is 0.653. The number of fused-ring (bicyclic) bond motifs is 2. The second kappa shape index (κ2) is 13.7. The fraction of sp³-hybridized carbons (Fsp3) is 0.600. The Hall–Kier alpha value is -4.62. The van der Waals surface area contributed by atoms with Gasteiger partial charge in [-0.1, -0.05) is 6.07 Å². The minimum Gasteiger partial charge on any atom is -0.448 e. The third-order valence-electron chi connectivity index (χ3n) is 8.53. The van der Waals surface area contributed by atoms with E-state index in [0.29, 0.717) is 49.3 Å². The molecule has 14 heteroatoms. The van der Waals surface area contributed by atoms with Gasteiger partial charge in [-0.2, -0.15) is 0 Å². The van der Waals surface area contributed by atoms with Gasteiger partial charge in [-0.05, 0) is 84.9 Å². The first-order valence-electron chi connectivity index (χ1n) is 17.1. The number of amides is 2. The van der Waals surface area contributed by atoms with Crippen LogP contribution in [-0.2, 0) is 9.47 Å². The van der Waals surface area contributed by atoms with Crippen LogP contribution in [0.3, 0.4) is 0 Å². The van der Waals surface area contributed by atoms with E-state index in [4.69, 9.17) is 23.9 Å². The lowest BCUT2D eigenvalue weighted by Crippen LogP contribution is -2.46. The number of carbonyl (C=O) groups excluding carboxylic acids is 2. The van der Waals surface area contributed by atoms with Crippen LogP contribution >= 0.6 is 0 Å². The van der Waals surface area contributed by atoms with Crippen molar-refractivity contribution in [1.82, 2.24) is 30.6 Å². The maximum Gasteiger partial charge on any atom is 0.410 e. The fourth-order valence-corrected chi connectivity index (χ4v) is 6.14. The summed E-state index contributed by atoms with van der Waals surface area (Å²) in [7, 11) is 1.75. The van der Waals surface area contributed by atoms with Gasteiger partial charge in [0.25, 0.3) is 5.88 Å². The highest BCUT2D eigenvalue weighted by atomic mass is 16.6. The first kappa shape index (κ1) is 34.3. The number of unbranched alkanes of at least 4 members (excludes halogenated alkanes) is 1. The number of nitrogens with zero attached hydrogens (tertiary/aromatic N) is 6. The van der Waals surface area contributed by atoms with Gasteiger partial charge in [-0.3, -0.25) is 14.9 Å². The molecule has 1 aromatic carbocycles. The van der Waals surface area contributed by atoms with Crippen LogP contribution in [0, 0.1) is 0 Å². The predicted molar refractivity (Wildman–Crippen MR) is 184 cm³/mol. The normalized spacial score (nSPS) is 21.3. The summed E-state index contributed by atoms with van der Waals surface area (Å²) in [4.78, 5) is 37.8. The lowest BCUT2D eigenvalue weighted by atomic mass is 10.1. The van der Waals surface area contributed by atoms with E-state index < -0.39 is 11.2 Å². The highest BCUT2D eigenvalue weighted by Crippen LogP contribution is 2.45. The largest absolute Gasteiger partial charge is 0.448 e. The molecule has 2 unspecified atom stereocenters. The minimum atomic E-state index is -0.552. The lowest BCUT2D eigenvalue weighted by molar-refractivity contribution is 0.0261. The molecule has 1 saturated heterocycles. The van der Waals surface area contributed by atoms with E-state index >= 15 is 0 Å². The van der Waals surface area contributed by atoms with Gasteiger partial charge < -0.3 is 34.5 Å². The Kier molecular flexibility index (Phi) is 9.58. The van der Waals surface area contributed by atoms with Gasteiger partial charge in [0.15, 0.2) is 17.2 Å². The predicted octanol–water partition coefficient (Wildman–Crippen LogP) is 5.90. The molecule has 49 heavy (non-hydrogen) atoms. The van der Waals surface area contributed by atoms with Crippen LogP contribution in [0.25, 0.3) is 0 Å². The summed E-state index contributed by atoms with van der Waals surface area (Å²) in [5.74, 6) is 3.67. The van der Waals surface area contributed by atoms with Crippen LogP contribution in [0.5, 0.6) is 23.1 Å². The van der Waals surface area contributed by atoms with Crippen molar-refractivity contribution in [2.45, 2.75) is 103 Å². The summed E-state index contributed by atoms with van der Waals surface area (Å²) in [6.45, 7) is 13.6. The molecular weight excluding hydrogens is 628 g/mol. The number of amidine groups is 2. The smallest absolute Gasteiger partial charge is 0.410 e. The van der Waals surface area contributed by atoms with Crippen LogP contribution in [0.15, 0.2) is 34.3 Å². The molecule has 4 aliphatic heterocycles. The Morgan fingerprint density at radius 1 is 0.918 bits per heavy atom. The molecule has 0 spiro atoms. The van der Waals surface area contributed by atoms with Gasteiger partial charge in [-0.25, -0.2) is 9.59 Å².